The van der Waals surface area contributed by atoms with Crippen molar-refractivity contribution < 1.29 is 0 Å². The molecule has 0 unspecified atom stereocenters. The fourth-order valence-electron chi connectivity index (χ4n) is 2.86. The Labute approximate surface area is 116 Å². The molecule has 1 aromatic carbocycles. The van der Waals surface area contributed by atoms with Gasteiger partial charge in [-0.2, -0.15) is 0 Å². The van der Waals surface area contributed by atoms with Crippen molar-refractivity contribution in [3.63, 3.8) is 0 Å². The zero-order chi connectivity index (χ0) is 13.7. The second-order valence-electron chi connectivity index (χ2n) is 5.25. The first-order valence-electron chi connectivity index (χ1n) is 6.79. The van der Waals surface area contributed by atoms with Crippen molar-refractivity contribution in [2.24, 2.45) is 0 Å². The van der Waals surface area contributed by atoms with Crippen molar-refractivity contribution in [1.29, 1.82) is 0 Å². The molecule has 0 spiro atoms. The average Bonchev–Trinajstić information content (AvgIpc) is 3.03. The highest BCUT2D eigenvalue weighted by atomic mass is 15.3. The lowest BCUT2D eigenvalue weighted by atomic mass is 10.1. The van der Waals surface area contributed by atoms with E-state index in [0.717, 1.165) is 35.7 Å². The highest BCUT2D eigenvalue weighted by molar-refractivity contribution is 5.67. The van der Waals surface area contributed by atoms with Gasteiger partial charge in [0.15, 0.2) is 5.82 Å². The van der Waals surface area contributed by atoms with Gasteiger partial charge in [-0.3, -0.25) is 4.40 Å². The van der Waals surface area contributed by atoms with Crippen LogP contribution in [0.25, 0.3) is 17.2 Å². The largest absolute Gasteiger partial charge is 0.384 e. The molecule has 0 amide bonds. The summed E-state index contributed by atoms with van der Waals surface area (Å²) in [5.41, 5.74) is 5.73. The van der Waals surface area contributed by atoms with Crippen LogP contribution in [-0.2, 0) is 6.42 Å². The van der Waals surface area contributed by atoms with E-state index < -0.39 is 0 Å². The standard InChI is InChI=1S/C15H15N5/c1-9-7-10(2)20-14(18-19-15(20)17-9)12-3-4-13-11(8-12)5-6-16-13/h3-4,7-8,16H,5-6H2,1-2H3. The summed E-state index contributed by atoms with van der Waals surface area (Å²) in [4.78, 5) is 4.43. The summed E-state index contributed by atoms with van der Waals surface area (Å²) in [7, 11) is 0. The van der Waals surface area contributed by atoms with Gasteiger partial charge < -0.3 is 5.32 Å². The minimum absolute atomic E-state index is 0.663. The summed E-state index contributed by atoms with van der Waals surface area (Å²) in [6, 6.07) is 8.46. The maximum Gasteiger partial charge on any atom is 0.255 e. The van der Waals surface area contributed by atoms with Crippen LogP contribution in [0, 0.1) is 13.8 Å². The summed E-state index contributed by atoms with van der Waals surface area (Å²) in [5, 5.41) is 11.9. The van der Waals surface area contributed by atoms with Crippen LogP contribution in [0.1, 0.15) is 17.0 Å². The van der Waals surface area contributed by atoms with Crippen LogP contribution < -0.4 is 5.32 Å². The fraction of sp³-hybridized carbons (Fsp3) is 0.267. The Morgan fingerprint density at radius 3 is 2.95 bits per heavy atom. The molecule has 3 aromatic rings. The SMILES string of the molecule is Cc1cc(C)n2c(-c3ccc4c(c3)CCN4)nnc2n1. The van der Waals surface area contributed by atoms with E-state index in [1.165, 1.54) is 11.3 Å². The summed E-state index contributed by atoms with van der Waals surface area (Å²) in [5.74, 6) is 1.52. The van der Waals surface area contributed by atoms with E-state index >= 15 is 0 Å². The Kier molecular flexibility index (Phi) is 2.30. The lowest BCUT2D eigenvalue weighted by Crippen LogP contribution is -1.98. The van der Waals surface area contributed by atoms with Gasteiger partial charge in [-0.05, 0) is 50.1 Å². The molecule has 0 atom stereocenters. The van der Waals surface area contributed by atoms with Crippen LogP contribution >= 0.6 is 0 Å². The Hall–Kier alpha value is -2.43. The predicted octanol–water partition coefficient (Wildman–Crippen LogP) is 2.38. The summed E-state index contributed by atoms with van der Waals surface area (Å²) in [6.07, 6.45) is 1.07. The molecule has 20 heavy (non-hydrogen) atoms. The number of rotatable bonds is 1. The van der Waals surface area contributed by atoms with Crippen molar-refractivity contribution >= 4 is 11.5 Å². The van der Waals surface area contributed by atoms with Gasteiger partial charge in [-0.25, -0.2) is 4.98 Å². The highest BCUT2D eigenvalue weighted by Crippen LogP contribution is 2.28. The van der Waals surface area contributed by atoms with Crippen molar-refractivity contribution in [3.8, 4) is 11.4 Å². The molecule has 1 aliphatic heterocycles. The molecule has 1 aliphatic rings. The average molecular weight is 265 g/mol. The first-order chi connectivity index (χ1) is 9.72. The van der Waals surface area contributed by atoms with Crippen LogP contribution in [0.3, 0.4) is 0 Å². The van der Waals surface area contributed by atoms with Crippen LogP contribution in [0.4, 0.5) is 5.69 Å². The number of nitrogens with zero attached hydrogens (tertiary/aromatic N) is 4. The van der Waals surface area contributed by atoms with Gasteiger partial charge >= 0.3 is 0 Å². The smallest absolute Gasteiger partial charge is 0.255 e. The van der Waals surface area contributed by atoms with E-state index in [2.05, 4.69) is 51.7 Å². The van der Waals surface area contributed by atoms with Gasteiger partial charge in [-0.1, -0.05) is 0 Å². The minimum atomic E-state index is 0.663. The third kappa shape index (κ3) is 1.59. The molecule has 100 valence electrons. The zero-order valence-corrected chi connectivity index (χ0v) is 11.5. The molecule has 0 saturated carbocycles. The topological polar surface area (TPSA) is 55.1 Å². The van der Waals surface area contributed by atoms with Gasteiger partial charge in [-0.15, -0.1) is 10.2 Å². The number of aryl methyl sites for hydroxylation is 2. The molecule has 0 aliphatic carbocycles. The van der Waals surface area contributed by atoms with Crippen LogP contribution in [0.15, 0.2) is 24.3 Å². The molecule has 5 heteroatoms. The van der Waals surface area contributed by atoms with Gasteiger partial charge in [0.1, 0.15) is 0 Å². The second-order valence-corrected chi connectivity index (χ2v) is 5.25. The molecule has 0 fully saturated rings. The molecule has 3 heterocycles. The molecule has 0 saturated heterocycles. The van der Waals surface area contributed by atoms with Gasteiger partial charge in [0.25, 0.3) is 5.78 Å². The quantitative estimate of drug-likeness (QED) is 0.734. The Bertz CT molecular complexity index is 818. The lowest BCUT2D eigenvalue weighted by molar-refractivity contribution is 1.02. The lowest BCUT2D eigenvalue weighted by Gasteiger charge is -2.06. The first-order valence-corrected chi connectivity index (χ1v) is 6.79. The van der Waals surface area contributed by atoms with Gasteiger partial charge in [0.05, 0.1) is 0 Å². The summed E-state index contributed by atoms with van der Waals surface area (Å²) in [6.45, 7) is 5.05. The fourth-order valence-corrected chi connectivity index (χ4v) is 2.86. The Balaban J connectivity index is 1.94. The number of hydrogen-bond donors (Lipinski definition) is 1. The van der Waals surface area contributed by atoms with Crippen molar-refractivity contribution in [3.05, 3.63) is 41.2 Å². The Morgan fingerprint density at radius 1 is 1.15 bits per heavy atom. The highest BCUT2D eigenvalue weighted by Gasteiger charge is 2.15. The van der Waals surface area contributed by atoms with Gasteiger partial charge in [0, 0.05) is 29.2 Å². The number of anilines is 1. The zero-order valence-electron chi connectivity index (χ0n) is 11.5. The molecule has 0 radical (unpaired) electrons. The summed E-state index contributed by atoms with van der Waals surface area (Å²) >= 11 is 0. The summed E-state index contributed by atoms with van der Waals surface area (Å²) < 4.78 is 2.01. The molecule has 5 nitrogen and oxygen atoms in total. The van der Waals surface area contributed by atoms with E-state index in [1.807, 2.05) is 11.3 Å². The molecular formula is C15H15N5. The van der Waals surface area contributed by atoms with E-state index in [0.29, 0.717) is 5.78 Å². The van der Waals surface area contributed by atoms with Gasteiger partial charge in [0.2, 0.25) is 0 Å². The first kappa shape index (κ1) is 11.4. The van der Waals surface area contributed by atoms with Crippen molar-refractivity contribution in [1.82, 2.24) is 19.6 Å². The second kappa shape index (κ2) is 4.03. The monoisotopic (exact) mass is 265 g/mol. The third-order valence-corrected chi connectivity index (χ3v) is 3.77. The van der Waals surface area contributed by atoms with E-state index in [-0.39, 0.29) is 0 Å². The van der Waals surface area contributed by atoms with E-state index in [1.54, 1.807) is 0 Å². The third-order valence-electron chi connectivity index (χ3n) is 3.77. The van der Waals surface area contributed by atoms with Crippen LogP contribution in [0.2, 0.25) is 0 Å². The van der Waals surface area contributed by atoms with E-state index in [4.69, 9.17) is 0 Å². The maximum absolute atomic E-state index is 4.43. The molecule has 4 rings (SSSR count). The molecule has 1 N–H and O–H groups in total. The number of benzene rings is 1. The Morgan fingerprint density at radius 2 is 2.05 bits per heavy atom. The normalized spacial score (nSPS) is 13.5. The molecule has 2 aromatic heterocycles. The number of aromatic nitrogens is 4. The molecule has 0 bridgehead atoms. The molecular weight excluding hydrogens is 250 g/mol. The van der Waals surface area contributed by atoms with Crippen LogP contribution in [0.5, 0.6) is 0 Å². The maximum atomic E-state index is 4.43. The predicted molar refractivity (Wildman–Crippen MR) is 77.9 cm³/mol. The van der Waals surface area contributed by atoms with Crippen molar-refractivity contribution in [2.75, 3.05) is 11.9 Å². The number of nitrogens with one attached hydrogen (secondary N) is 1. The van der Waals surface area contributed by atoms with Crippen molar-refractivity contribution in [2.45, 2.75) is 20.3 Å². The van der Waals surface area contributed by atoms with Crippen LogP contribution in [-0.4, -0.2) is 26.1 Å². The number of hydrogen-bond acceptors (Lipinski definition) is 4. The minimum Gasteiger partial charge on any atom is -0.384 e. The van der Waals surface area contributed by atoms with E-state index in [9.17, 15) is 0 Å². The number of fused-ring (bicyclic) bond motifs is 2.